The van der Waals surface area contributed by atoms with Crippen LogP contribution in [0.2, 0.25) is 0 Å². The first-order valence-corrected chi connectivity index (χ1v) is 17.0. The molecule has 3 N–H and O–H groups in total. The van der Waals surface area contributed by atoms with E-state index < -0.39 is 35.3 Å². The van der Waals surface area contributed by atoms with Gasteiger partial charge in [0.15, 0.2) is 0 Å². The van der Waals surface area contributed by atoms with Crippen LogP contribution in [-0.2, 0) is 20.6 Å². The second-order valence-corrected chi connectivity index (χ2v) is 14.3. The average Bonchev–Trinajstić information content (AvgIpc) is 3.32. The minimum atomic E-state index is -1.12. The molecule has 1 saturated carbocycles. The van der Waals surface area contributed by atoms with E-state index in [4.69, 9.17) is 9.47 Å². The van der Waals surface area contributed by atoms with Crippen LogP contribution >= 0.6 is 0 Å². The number of hydrogen-bond acceptors (Lipinski definition) is 10. The minimum absolute atomic E-state index is 0.0309. The largest absolute Gasteiger partial charge is 0.490 e. The number of ether oxygens (including phenoxy) is 2. The van der Waals surface area contributed by atoms with Crippen LogP contribution in [0.1, 0.15) is 90.9 Å². The van der Waals surface area contributed by atoms with E-state index in [-0.39, 0.29) is 41.5 Å². The van der Waals surface area contributed by atoms with Gasteiger partial charge in [-0.3, -0.25) is 34.4 Å². The van der Waals surface area contributed by atoms with Crippen LogP contribution in [-0.4, -0.2) is 61.8 Å². The lowest BCUT2D eigenvalue weighted by Crippen LogP contribution is -2.54. The zero-order chi connectivity index (χ0) is 36.1. The van der Waals surface area contributed by atoms with Crippen molar-refractivity contribution in [2.75, 3.05) is 5.32 Å². The highest BCUT2D eigenvalue weighted by atomic mass is 16.5. The van der Waals surface area contributed by atoms with E-state index in [0.717, 1.165) is 34.6 Å². The monoisotopic (exact) mass is 689 g/mol. The van der Waals surface area contributed by atoms with Gasteiger partial charge in [0, 0.05) is 36.4 Å². The minimum Gasteiger partial charge on any atom is -0.490 e. The van der Waals surface area contributed by atoms with Gasteiger partial charge in [-0.05, 0) is 73.9 Å². The summed E-state index contributed by atoms with van der Waals surface area (Å²) in [6, 6.07) is 20.1. The van der Waals surface area contributed by atoms with Crippen molar-refractivity contribution in [3.8, 4) is 17.4 Å². The van der Waals surface area contributed by atoms with Crippen LogP contribution < -0.4 is 20.1 Å². The summed E-state index contributed by atoms with van der Waals surface area (Å²) in [6.07, 6.45) is 4.79. The lowest BCUT2D eigenvalue weighted by molar-refractivity contribution is -0.136. The molecular weight excluding hydrogens is 650 g/mol. The Morgan fingerprint density at radius 3 is 2.14 bits per heavy atom. The molecule has 3 aromatic carbocycles. The number of piperidine rings is 1. The molecule has 7 rings (SSSR count). The summed E-state index contributed by atoms with van der Waals surface area (Å²) in [5, 5.41) is 15.9. The summed E-state index contributed by atoms with van der Waals surface area (Å²) >= 11 is 0. The molecule has 12 heteroatoms. The summed E-state index contributed by atoms with van der Waals surface area (Å²) in [5.41, 5.74) is 2.46. The number of aromatic nitrogens is 2. The number of carbonyl (C=O) groups is 4. The number of amides is 4. The first-order chi connectivity index (χ1) is 24.3. The van der Waals surface area contributed by atoms with Gasteiger partial charge in [-0.1, -0.05) is 38.1 Å². The fourth-order valence-corrected chi connectivity index (χ4v) is 6.64. The molecule has 51 heavy (non-hydrogen) atoms. The molecule has 0 radical (unpaired) electrons. The maximum atomic E-state index is 13.2. The highest BCUT2D eigenvalue weighted by molar-refractivity contribution is 6.23. The van der Waals surface area contributed by atoms with Gasteiger partial charge in [-0.25, -0.2) is 4.98 Å². The van der Waals surface area contributed by atoms with Crippen molar-refractivity contribution in [3.05, 3.63) is 107 Å². The summed E-state index contributed by atoms with van der Waals surface area (Å²) in [4.78, 5) is 59.5. The standard InChI is InChI=1S/C39H39N5O7/c1-38(2,23-7-12-27(13-8-23)51-34-21-40-20-32(42-34)39(3,4)49)22-5-10-26(11-6-22)50-28-17-25(18-28)41-24-9-14-29-30(19-24)37(48)44(36(29)47)31-15-16-33(45)43-35(31)46/h5-14,19-21,25,28,31,41,49H,15-18H2,1-4H3,(H,43,45,46)/t25-,28-,31?. The lowest BCUT2D eigenvalue weighted by atomic mass is 9.78. The van der Waals surface area contributed by atoms with Gasteiger partial charge in [-0.15, -0.1) is 0 Å². The lowest BCUT2D eigenvalue weighted by Gasteiger charge is -2.36. The Kier molecular flexibility index (Phi) is 8.58. The topological polar surface area (TPSA) is 160 Å². The molecule has 1 saturated heterocycles. The van der Waals surface area contributed by atoms with E-state index in [9.17, 15) is 24.3 Å². The first kappa shape index (κ1) is 33.9. The van der Waals surface area contributed by atoms with Gasteiger partial charge >= 0.3 is 0 Å². The maximum absolute atomic E-state index is 13.2. The van der Waals surface area contributed by atoms with Gasteiger partial charge < -0.3 is 19.9 Å². The van der Waals surface area contributed by atoms with Gasteiger partial charge in [0.1, 0.15) is 29.2 Å². The summed E-state index contributed by atoms with van der Waals surface area (Å²) in [6.45, 7) is 7.62. The molecule has 0 spiro atoms. The second-order valence-electron chi connectivity index (χ2n) is 14.3. The quantitative estimate of drug-likeness (QED) is 0.188. The Hall–Kier alpha value is -5.62. The molecule has 1 aliphatic carbocycles. The van der Waals surface area contributed by atoms with E-state index in [1.54, 1.807) is 32.0 Å². The zero-order valence-corrected chi connectivity index (χ0v) is 28.8. The number of hydrogen-bond donors (Lipinski definition) is 3. The Morgan fingerprint density at radius 2 is 1.49 bits per heavy atom. The molecule has 1 aromatic heterocycles. The van der Waals surface area contributed by atoms with Crippen LogP contribution in [0.15, 0.2) is 79.1 Å². The fraction of sp³-hybridized carbons (Fsp3) is 0.333. The van der Waals surface area contributed by atoms with E-state index in [0.29, 0.717) is 23.0 Å². The second kappa shape index (κ2) is 12.9. The van der Waals surface area contributed by atoms with Gasteiger partial charge in [0.25, 0.3) is 11.8 Å². The number of benzene rings is 3. The molecule has 2 fully saturated rings. The molecule has 4 amide bonds. The van der Waals surface area contributed by atoms with E-state index >= 15 is 0 Å². The SMILES string of the molecule is CC(C)(O)c1cncc(Oc2ccc(C(C)(C)c3ccc(O[C@H]4C[C@H](Nc5ccc6c(c5)C(=O)N(C5CCC(=O)NC5=O)C6=O)C4)cc3)cc2)n1. The van der Waals surface area contributed by atoms with Crippen molar-refractivity contribution in [2.24, 2.45) is 0 Å². The Bertz CT molecular complexity index is 2020. The smallest absolute Gasteiger partial charge is 0.262 e. The van der Waals surface area contributed by atoms with Crippen molar-refractivity contribution in [1.29, 1.82) is 0 Å². The Morgan fingerprint density at radius 1 is 0.843 bits per heavy atom. The van der Waals surface area contributed by atoms with E-state index in [1.807, 2.05) is 36.4 Å². The van der Waals surface area contributed by atoms with Crippen molar-refractivity contribution in [3.63, 3.8) is 0 Å². The molecule has 2 aliphatic heterocycles. The molecule has 3 aliphatic rings. The highest BCUT2D eigenvalue weighted by Gasteiger charge is 2.45. The summed E-state index contributed by atoms with van der Waals surface area (Å²) in [5.74, 6) is -0.371. The molecule has 1 unspecified atom stereocenters. The molecular formula is C39H39N5O7. The third kappa shape index (κ3) is 6.79. The normalized spacial score (nSPS) is 20.4. The van der Waals surface area contributed by atoms with Crippen molar-refractivity contribution in [1.82, 2.24) is 20.2 Å². The van der Waals surface area contributed by atoms with Crippen LogP contribution in [0.25, 0.3) is 0 Å². The molecule has 1 atom stereocenters. The third-order valence-electron chi connectivity index (χ3n) is 9.82. The number of fused-ring (bicyclic) bond motifs is 1. The first-order valence-electron chi connectivity index (χ1n) is 17.0. The van der Waals surface area contributed by atoms with Crippen molar-refractivity contribution >= 4 is 29.3 Å². The van der Waals surface area contributed by atoms with E-state index in [1.165, 1.54) is 12.4 Å². The van der Waals surface area contributed by atoms with Crippen molar-refractivity contribution < 1.29 is 33.8 Å². The van der Waals surface area contributed by atoms with Gasteiger partial charge in [-0.2, -0.15) is 0 Å². The Balaban J connectivity index is 0.916. The number of nitrogens with one attached hydrogen (secondary N) is 2. The highest BCUT2D eigenvalue weighted by Crippen LogP contribution is 2.36. The zero-order valence-electron chi connectivity index (χ0n) is 28.8. The number of carbonyl (C=O) groups excluding carboxylic acids is 4. The predicted molar refractivity (Wildman–Crippen MR) is 187 cm³/mol. The maximum Gasteiger partial charge on any atom is 0.262 e. The number of imide groups is 2. The fourth-order valence-electron chi connectivity index (χ4n) is 6.64. The van der Waals surface area contributed by atoms with Crippen LogP contribution in [0.4, 0.5) is 5.69 Å². The molecule has 4 aromatic rings. The molecule has 3 heterocycles. The number of anilines is 1. The Labute approximate surface area is 295 Å². The van der Waals surface area contributed by atoms with Gasteiger partial charge in [0.05, 0.1) is 29.2 Å². The van der Waals surface area contributed by atoms with Crippen LogP contribution in [0.5, 0.6) is 17.4 Å². The third-order valence-corrected chi connectivity index (χ3v) is 9.82. The molecule has 0 bridgehead atoms. The molecule has 262 valence electrons. The summed E-state index contributed by atoms with van der Waals surface area (Å²) in [7, 11) is 0. The number of nitrogens with zero attached hydrogens (tertiary/aromatic N) is 3. The average molecular weight is 690 g/mol. The van der Waals surface area contributed by atoms with Crippen LogP contribution in [0.3, 0.4) is 0 Å². The van der Waals surface area contributed by atoms with Crippen molar-refractivity contribution in [2.45, 2.75) is 82.6 Å². The van der Waals surface area contributed by atoms with Gasteiger partial charge in [0.2, 0.25) is 17.7 Å². The summed E-state index contributed by atoms with van der Waals surface area (Å²) < 4.78 is 12.1. The molecule has 12 nitrogen and oxygen atoms in total. The van der Waals surface area contributed by atoms with E-state index in [2.05, 4.69) is 46.6 Å². The number of aliphatic hydroxyl groups is 1. The van der Waals surface area contributed by atoms with Crippen LogP contribution in [0, 0.1) is 0 Å². The predicted octanol–water partition coefficient (Wildman–Crippen LogP) is 5.25. The number of rotatable bonds is 10.